The Hall–Kier alpha value is -1.86. The van der Waals surface area contributed by atoms with E-state index in [9.17, 15) is 4.39 Å². The Labute approximate surface area is 184 Å². The Morgan fingerprint density at radius 2 is 2.04 bits per heavy atom. The van der Waals surface area contributed by atoms with Crippen LogP contribution >= 0.6 is 39.9 Å². The number of aliphatic imine (C=N–C) groups is 1. The molecule has 0 bridgehead atoms. The summed E-state index contributed by atoms with van der Waals surface area (Å²) in [7, 11) is 1.64. The molecule has 1 atom stereocenters. The average Bonchev–Trinajstić information content (AvgIpc) is 2.65. The smallest absolute Gasteiger partial charge is 0.191 e. The summed E-state index contributed by atoms with van der Waals surface area (Å²) < 4.78 is 20.6. The van der Waals surface area contributed by atoms with E-state index in [0.717, 1.165) is 10.2 Å². The van der Waals surface area contributed by atoms with Gasteiger partial charge in [0.25, 0.3) is 0 Å². The van der Waals surface area contributed by atoms with Gasteiger partial charge < -0.3 is 15.4 Å². The monoisotopic (exact) mass is 546 g/mol. The van der Waals surface area contributed by atoms with Crippen LogP contribution in [0.2, 0.25) is 0 Å². The van der Waals surface area contributed by atoms with Gasteiger partial charge in [0, 0.05) is 19.2 Å². The summed E-state index contributed by atoms with van der Waals surface area (Å²) >= 11 is 3.45. The first-order valence-corrected chi connectivity index (χ1v) is 8.87. The fourth-order valence-corrected chi connectivity index (χ4v) is 2.60. The van der Waals surface area contributed by atoms with Crippen LogP contribution in [0.5, 0.6) is 5.75 Å². The normalized spacial score (nSPS) is 11.7. The summed E-state index contributed by atoms with van der Waals surface area (Å²) in [5, 5.41) is 15.1. The standard InChI is InChI=1S/C19H20BrFN4O.HI/c1-13(26-18-6-4-3-5-16(18)20)11-24-19(23-2)25-12-15-9-14(10-22)7-8-17(15)21;/h3-9,13H,11-12H2,1-2H3,(H2,23,24,25);1H. The third-order valence-electron chi connectivity index (χ3n) is 3.57. The molecule has 0 aliphatic rings. The summed E-state index contributed by atoms with van der Waals surface area (Å²) in [5.41, 5.74) is 0.825. The molecule has 0 fully saturated rings. The second-order valence-corrected chi connectivity index (χ2v) is 6.44. The maximum absolute atomic E-state index is 13.8. The minimum absolute atomic E-state index is 0. The molecule has 0 radical (unpaired) electrons. The highest BCUT2D eigenvalue weighted by Gasteiger charge is 2.09. The molecule has 0 spiro atoms. The molecule has 2 aromatic carbocycles. The third kappa shape index (κ3) is 7.34. The third-order valence-corrected chi connectivity index (χ3v) is 4.22. The number of nitrogens with one attached hydrogen (secondary N) is 2. The summed E-state index contributed by atoms with van der Waals surface area (Å²) in [6.45, 7) is 2.68. The van der Waals surface area contributed by atoms with Crippen LogP contribution in [-0.2, 0) is 6.54 Å². The van der Waals surface area contributed by atoms with Gasteiger partial charge in [0.05, 0.1) is 22.7 Å². The van der Waals surface area contributed by atoms with Crippen molar-refractivity contribution in [2.24, 2.45) is 4.99 Å². The van der Waals surface area contributed by atoms with Crippen molar-refractivity contribution in [3.63, 3.8) is 0 Å². The van der Waals surface area contributed by atoms with Crippen molar-refractivity contribution in [3.8, 4) is 11.8 Å². The molecule has 2 N–H and O–H groups in total. The molecule has 0 amide bonds. The number of hydrogen-bond donors (Lipinski definition) is 2. The molecule has 144 valence electrons. The second-order valence-electron chi connectivity index (χ2n) is 5.58. The number of nitriles is 1. The number of nitrogens with zero attached hydrogens (tertiary/aromatic N) is 2. The van der Waals surface area contributed by atoms with Crippen LogP contribution in [0.1, 0.15) is 18.1 Å². The Morgan fingerprint density at radius 3 is 2.70 bits per heavy atom. The minimum Gasteiger partial charge on any atom is -0.488 e. The molecule has 0 heterocycles. The molecule has 1 unspecified atom stereocenters. The van der Waals surface area contributed by atoms with E-state index in [1.54, 1.807) is 7.05 Å². The van der Waals surface area contributed by atoms with Gasteiger partial charge in [-0.3, -0.25) is 4.99 Å². The first-order valence-electron chi connectivity index (χ1n) is 8.07. The lowest BCUT2D eigenvalue weighted by molar-refractivity contribution is 0.222. The summed E-state index contributed by atoms with van der Waals surface area (Å²) in [6.07, 6.45) is -0.106. The van der Waals surface area contributed by atoms with Crippen molar-refractivity contribution in [1.29, 1.82) is 5.26 Å². The Balaban J connectivity index is 0.00000364. The van der Waals surface area contributed by atoms with Gasteiger partial charge in [-0.15, -0.1) is 24.0 Å². The van der Waals surface area contributed by atoms with Crippen molar-refractivity contribution in [2.45, 2.75) is 19.6 Å². The van der Waals surface area contributed by atoms with Gasteiger partial charge >= 0.3 is 0 Å². The maximum atomic E-state index is 13.8. The van der Waals surface area contributed by atoms with Gasteiger partial charge in [0.15, 0.2) is 5.96 Å². The fraction of sp³-hybridized carbons (Fsp3) is 0.263. The minimum atomic E-state index is -0.363. The number of guanidine groups is 1. The van der Waals surface area contributed by atoms with E-state index in [1.807, 2.05) is 37.3 Å². The highest BCUT2D eigenvalue weighted by atomic mass is 127. The first kappa shape index (κ1) is 23.2. The Kier molecular flexibility index (Phi) is 10.1. The number of hydrogen-bond acceptors (Lipinski definition) is 3. The van der Waals surface area contributed by atoms with E-state index in [2.05, 4.69) is 31.6 Å². The molecule has 5 nitrogen and oxygen atoms in total. The molecule has 2 rings (SSSR count). The van der Waals surface area contributed by atoms with Crippen molar-refractivity contribution >= 4 is 45.9 Å². The zero-order chi connectivity index (χ0) is 18.9. The lowest BCUT2D eigenvalue weighted by atomic mass is 10.1. The molecule has 0 aromatic heterocycles. The maximum Gasteiger partial charge on any atom is 0.191 e. The first-order chi connectivity index (χ1) is 12.5. The quantitative estimate of drug-likeness (QED) is 0.323. The molecule has 0 saturated carbocycles. The Morgan fingerprint density at radius 1 is 1.30 bits per heavy atom. The van der Waals surface area contributed by atoms with Gasteiger partial charge in [0.2, 0.25) is 0 Å². The molecule has 8 heteroatoms. The fourth-order valence-electron chi connectivity index (χ4n) is 2.22. The summed E-state index contributed by atoms with van der Waals surface area (Å²) in [4.78, 5) is 4.11. The van der Waals surface area contributed by atoms with Gasteiger partial charge in [-0.25, -0.2) is 4.39 Å². The molecular weight excluding hydrogens is 526 g/mol. The van der Waals surface area contributed by atoms with Crippen LogP contribution in [0.25, 0.3) is 0 Å². The van der Waals surface area contributed by atoms with Crippen LogP contribution in [-0.4, -0.2) is 25.7 Å². The van der Waals surface area contributed by atoms with Crippen LogP contribution in [0, 0.1) is 17.1 Å². The van der Waals surface area contributed by atoms with Crippen LogP contribution in [0.3, 0.4) is 0 Å². The van der Waals surface area contributed by atoms with Crippen LogP contribution < -0.4 is 15.4 Å². The van der Waals surface area contributed by atoms with Gasteiger partial charge in [-0.05, 0) is 53.2 Å². The number of halogens is 3. The highest BCUT2D eigenvalue weighted by Crippen LogP contribution is 2.24. The molecule has 0 saturated heterocycles. The molecular formula is C19H21BrFIN4O. The number of benzene rings is 2. The van der Waals surface area contributed by atoms with Crippen molar-refractivity contribution in [2.75, 3.05) is 13.6 Å². The van der Waals surface area contributed by atoms with E-state index in [0.29, 0.717) is 23.6 Å². The van der Waals surface area contributed by atoms with Crippen LogP contribution in [0.4, 0.5) is 4.39 Å². The van der Waals surface area contributed by atoms with Crippen LogP contribution in [0.15, 0.2) is 51.9 Å². The van der Waals surface area contributed by atoms with Gasteiger partial charge in [-0.1, -0.05) is 12.1 Å². The predicted molar refractivity (Wildman–Crippen MR) is 119 cm³/mol. The zero-order valence-electron chi connectivity index (χ0n) is 15.0. The lowest BCUT2D eigenvalue weighted by Crippen LogP contribution is -2.41. The molecule has 2 aromatic rings. The summed E-state index contributed by atoms with van der Waals surface area (Å²) in [6, 6.07) is 13.9. The lowest BCUT2D eigenvalue weighted by Gasteiger charge is -2.18. The highest BCUT2D eigenvalue weighted by molar-refractivity contribution is 14.0. The van der Waals surface area contributed by atoms with E-state index in [1.165, 1.54) is 18.2 Å². The topological polar surface area (TPSA) is 69.4 Å². The van der Waals surface area contributed by atoms with E-state index in [-0.39, 0.29) is 42.4 Å². The largest absolute Gasteiger partial charge is 0.488 e. The zero-order valence-corrected chi connectivity index (χ0v) is 18.9. The summed E-state index contributed by atoms with van der Waals surface area (Å²) in [5.74, 6) is 0.923. The van der Waals surface area contributed by atoms with Crippen molar-refractivity contribution in [3.05, 3.63) is 63.9 Å². The predicted octanol–water partition coefficient (Wildman–Crippen LogP) is 4.21. The van der Waals surface area contributed by atoms with E-state index >= 15 is 0 Å². The average molecular weight is 547 g/mol. The van der Waals surface area contributed by atoms with E-state index in [4.69, 9.17) is 10.00 Å². The molecule has 27 heavy (non-hydrogen) atoms. The second kappa shape index (κ2) is 11.8. The van der Waals surface area contributed by atoms with Crippen molar-refractivity contribution < 1.29 is 9.13 Å². The number of rotatable bonds is 6. The molecule has 0 aliphatic carbocycles. The van der Waals surface area contributed by atoms with Crippen molar-refractivity contribution in [1.82, 2.24) is 10.6 Å². The van der Waals surface area contributed by atoms with E-state index < -0.39 is 0 Å². The van der Waals surface area contributed by atoms with Gasteiger partial charge in [-0.2, -0.15) is 5.26 Å². The number of para-hydroxylation sites is 1. The van der Waals surface area contributed by atoms with Gasteiger partial charge in [0.1, 0.15) is 17.7 Å². The molecule has 0 aliphatic heterocycles. The SMILES string of the molecule is CN=C(NCc1cc(C#N)ccc1F)NCC(C)Oc1ccccc1Br.I. The Bertz CT molecular complexity index is 826. The number of ether oxygens (including phenoxy) is 1.